The largest absolute Gasteiger partial charge is 0.477 e. The molecule has 2 unspecified atom stereocenters. The van der Waals surface area contributed by atoms with Crippen LogP contribution in [0.2, 0.25) is 0 Å². The lowest BCUT2D eigenvalue weighted by Crippen LogP contribution is -2.38. The Morgan fingerprint density at radius 1 is 1.56 bits per heavy atom. The smallest absolute Gasteiger partial charge is 0.345 e. The molecule has 2 heterocycles. The molecule has 0 aliphatic carbocycles. The van der Waals surface area contributed by atoms with Crippen molar-refractivity contribution < 1.29 is 23.1 Å². The van der Waals surface area contributed by atoms with Gasteiger partial charge in [0.25, 0.3) is 0 Å². The molecule has 0 bridgehead atoms. The molecule has 1 aromatic rings. The number of rotatable bonds is 4. The lowest BCUT2D eigenvalue weighted by molar-refractivity contribution is 0.0702. The Labute approximate surface area is 109 Å². The van der Waals surface area contributed by atoms with Gasteiger partial charge in [0.1, 0.15) is 9.09 Å². The fourth-order valence-corrected chi connectivity index (χ4v) is 4.22. The number of carboxylic acid groups (broad SMARTS) is 1. The van der Waals surface area contributed by atoms with Gasteiger partial charge in [-0.2, -0.15) is 0 Å². The van der Waals surface area contributed by atoms with Crippen LogP contribution < -0.4 is 4.72 Å². The van der Waals surface area contributed by atoms with E-state index in [1.165, 1.54) is 12.1 Å². The Morgan fingerprint density at radius 3 is 2.78 bits per heavy atom. The van der Waals surface area contributed by atoms with Gasteiger partial charge in [-0.25, -0.2) is 17.9 Å². The third kappa shape index (κ3) is 2.72. The molecule has 18 heavy (non-hydrogen) atoms. The highest BCUT2D eigenvalue weighted by Crippen LogP contribution is 2.23. The summed E-state index contributed by atoms with van der Waals surface area (Å²) in [6, 6.07) is 2.33. The van der Waals surface area contributed by atoms with E-state index in [0.29, 0.717) is 13.0 Å². The van der Waals surface area contributed by atoms with Crippen LogP contribution in [0.1, 0.15) is 23.0 Å². The first-order valence-electron chi connectivity index (χ1n) is 5.37. The van der Waals surface area contributed by atoms with Gasteiger partial charge in [0.05, 0.1) is 12.1 Å². The van der Waals surface area contributed by atoms with Gasteiger partial charge in [0.2, 0.25) is 10.0 Å². The summed E-state index contributed by atoms with van der Waals surface area (Å²) in [4.78, 5) is 10.7. The van der Waals surface area contributed by atoms with Gasteiger partial charge in [-0.05, 0) is 25.5 Å². The van der Waals surface area contributed by atoms with Crippen LogP contribution in [0, 0.1) is 0 Å². The monoisotopic (exact) mass is 291 g/mol. The van der Waals surface area contributed by atoms with Gasteiger partial charge in [0, 0.05) is 6.61 Å². The number of aromatic carboxylic acids is 1. The number of nitrogens with one attached hydrogen (secondary N) is 1. The zero-order valence-electron chi connectivity index (χ0n) is 9.62. The normalized spacial score (nSPS) is 24.3. The molecule has 0 saturated carbocycles. The van der Waals surface area contributed by atoms with Crippen LogP contribution in [-0.4, -0.2) is 38.2 Å². The average Bonchev–Trinajstić information content (AvgIpc) is 2.88. The second-order valence-electron chi connectivity index (χ2n) is 4.02. The van der Waals surface area contributed by atoms with E-state index in [9.17, 15) is 13.2 Å². The highest BCUT2D eigenvalue weighted by Gasteiger charge is 2.30. The summed E-state index contributed by atoms with van der Waals surface area (Å²) < 4.78 is 31.9. The zero-order valence-corrected chi connectivity index (χ0v) is 11.3. The first-order chi connectivity index (χ1) is 8.40. The van der Waals surface area contributed by atoms with Crippen LogP contribution in [0.15, 0.2) is 16.3 Å². The fraction of sp³-hybridized carbons (Fsp3) is 0.500. The molecular formula is C10H13NO5S2. The molecule has 0 amide bonds. The zero-order chi connectivity index (χ0) is 13.3. The van der Waals surface area contributed by atoms with Crippen molar-refractivity contribution in [3.63, 3.8) is 0 Å². The molecule has 0 aromatic carbocycles. The minimum Gasteiger partial charge on any atom is -0.477 e. The van der Waals surface area contributed by atoms with Crippen LogP contribution in [-0.2, 0) is 14.8 Å². The maximum Gasteiger partial charge on any atom is 0.345 e. The van der Waals surface area contributed by atoms with Gasteiger partial charge in [-0.15, -0.1) is 11.3 Å². The van der Waals surface area contributed by atoms with E-state index in [-0.39, 0.29) is 21.2 Å². The highest BCUT2D eigenvalue weighted by molar-refractivity contribution is 7.91. The predicted octanol–water partition coefficient (Wildman–Crippen LogP) is 0.902. The summed E-state index contributed by atoms with van der Waals surface area (Å²) in [5, 5.41) is 8.77. The minimum absolute atomic E-state index is 0.00564. The third-order valence-electron chi connectivity index (χ3n) is 2.74. The summed E-state index contributed by atoms with van der Waals surface area (Å²) in [5.74, 6) is -1.13. The van der Waals surface area contributed by atoms with Crippen molar-refractivity contribution in [2.24, 2.45) is 0 Å². The van der Waals surface area contributed by atoms with E-state index in [1.807, 2.05) is 0 Å². The van der Waals surface area contributed by atoms with Crippen molar-refractivity contribution in [1.29, 1.82) is 0 Å². The molecule has 0 spiro atoms. The number of hydrogen-bond acceptors (Lipinski definition) is 5. The van der Waals surface area contributed by atoms with Gasteiger partial charge in [-0.1, -0.05) is 0 Å². The average molecular weight is 291 g/mol. The first-order valence-corrected chi connectivity index (χ1v) is 7.67. The number of hydrogen-bond donors (Lipinski definition) is 2. The van der Waals surface area contributed by atoms with Crippen LogP contribution in [0.3, 0.4) is 0 Å². The van der Waals surface area contributed by atoms with Gasteiger partial charge in [0.15, 0.2) is 0 Å². The first kappa shape index (κ1) is 13.5. The van der Waals surface area contributed by atoms with Gasteiger partial charge in [-0.3, -0.25) is 0 Å². The fourth-order valence-electron chi connectivity index (χ4n) is 1.72. The third-order valence-corrected chi connectivity index (χ3v) is 5.79. The van der Waals surface area contributed by atoms with Crippen LogP contribution in [0.5, 0.6) is 0 Å². The summed E-state index contributed by atoms with van der Waals surface area (Å²) in [5.41, 5.74) is 0. The Morgan fingerprint density at radius 2 is 2.28 bits per heavy atom. The number of thiophene rings is 1. The second-order valence-corrected chi connectivity index (χ2v) is 7.04. The van der Waals surface area contributed by atoms with Gasteiger partial charge >= 0.3 is 5.97 Å². The van der Waals surface area contributed by atoms with Crippen molar-refractivity contribution in [3.8, 4) is 0 Å². The topological polar surface area (TPSA) is 92.7 Å². The van der Waals surface area contributed by atoms with E-state index in [2.05, 4.69) is 4.72 Å². The standard InChI is InChI=1S/C10H13NO5S2/c1-6-7(4-5-16-6)11-18(14,15)9-3-2-8(17-9)10(12)13/h2-3,6-7,11H,4-5H2,1H3,(H,12,13). The molecule has 1 aliphatic heterocycles. The predicted molar refractivity (Wildman–Crippen MR) is 65.4 cm³/mol. The van der Waals surface area contributed by atoms with E-state index in [4.69, 9.17) is 9.84 Å². The number of carbonyl (C=O) groups is 1. The summed E-state index contributed by atoms with van der Waals surface area (Å²) in [7, 11) is -3.66. The number of sulfonamides is 1. The van der Waals surface area contributed by atoms with Crippen molar-refractivity contribution in [1.82, 2.24) is 4.72 Å². The lowest BCUT2D eigenvalue weighted by Gasteiger charge is -2.15. The molecule has 0 radical (unpaired) electrons. The van der Waals surface area contributed by atoms with E-state index in [1.54, 1.807) is 6.92 Å². The molecule has 1 saturated heterocycles. The van der Waals surface area contributed by atoms with Crippen LogP contribution in [0.25, 0.3) is 0 Å². The molecule has 100 valence electrons. The maximum absolute atomic E-state index is 12.0. The van der Waals surface area contributed by atoms with Crippen LogP contribution in [0.4, 0.5) is 0 Å². The summed E-state index contributed by atoms with van der Waals surface area (Å²) in [6.45, 7) is 2.33. The maximum atomic E-state index is 12.0. The molecule has 1 fully saturated rings. The molecule has 6 nitrogen and oxygen atoms in total. The molecular weight excluding hydrogens is 278 g/mol. The molecule has 2 N–H and O–H groups in total. The van der Waals surface area contributed by atoms with Crippen molar-refractivity contribution in [2.45, 2.75) is 29.7 Å². The molecule has 8 heteroatoms. The van der Waals surface area contributed by atoms with E-state index in [0.717, 1.165) is 11.3 Å². The molecule has 2 rings (SSSR count). The van der Waals surface area contributed by atoms with Crippen LogP contribution >= 0.6 is 11.3 Å². The van der Waals surface area contributed by atoms with E-state index >= 15 is 0 Å². The molecule has 1 aromatic heterocycles. The Hall–Kier alpha value is -0.960. The Balaban J connectivity index is 2.17. The summed E-state index contributed by atoms with van der Waals surface area (Å²) in [6.07, 6.45) is 0.455. The second kappa shape index (κ2) is 4.96. The van der Waals surface area contributed by atoms with E-state index < -0.39 is 16.0 Å². The SMILES string of the molecule is CC1OCCC1NS(=O)(=O)c1ccc(C(=O)O)s1. The molecule has 2 atom stereocenters. The molecule has 1 aliphatic rings. The Kier molecular flexibility index (Phi) is 3.71. The Bertz CT molecular complexity index is 550. The van der Waals surface area contributed by atoms with Gasteiger partial charge < -0.3 is 9.84 Å². The quantitative estimate of drug-likeness (QED) is 0.860. The lowest BCUT2D eigenvalue weighted by atomic mass is 10.2. The number of ether oxygens (including phenoxy) is 1. The van der Waals surface area contributed by atoms with Crippen molar-refractivity contribution in [3.05, 3.63) is 17.0 Å². The summed E-state index contributed by atoms with van der Waals surface area (Å²) >= 11 is 0.742. The highest BCUT2D eigenvalue weighted by atomic mass is 32.2. The van der Waals surface area contributed by atoms with Crippen molar-refractivity contribution in [2.75, 3.05) is 6.61 Å². The minimum atomic E-state index is -3.66. The number of carboxylic acids is 1. The van der Waals surface area contributed by atoms with Crippen molar-refractivity contribution >= 4 is 27.3 Å².